The first kappa shape index (κ1) is 24.3. The molecule has 0 aromatic heterocycles. The molecule has 0 fully saturated rings. The summed E-state index contributed by atoms with van der Waals surface area (Å²) in [6.07, 6.45) is 0. The number of benzene rings is 3. The summed E-state index contributed by atoms with van der Waals surface area (Å²) in [7, 11) is 2.91. The van der Waals surface area contributed by atoms with Gasteiger partial charge in [-0.2, -0.15) is 0 Å². The fourth-order valence-electron chi connectivity index (χ4n) is 3.14. The SMILES string of the molecule is COc1ccc(C(=O)OCC(=O)Nc2ccccc2C(=O)NCc2ccc(C)cc2)c(OC)c1. The number of ether oxygens (including phenoxy) is 3. The maximum atomic E-state index is 12.7. The highest BCUT2D eigenvalue weighted by molar-refractivity contribution is 6.04. The van der Waals surface area contributed by atoms with Gasteiger partial charge in [-0.15, -0.1) is 0 Å². The summed E-state index contributed by atoms with van der Waals surface area (Å²) in [5.41, 5.74) is 2.86. The average molecular weight is 463 g/mol. The van der Waals surface area contributed by atoms with Crippen molar-refractivity contribution in [2.24, 2.45) is 0 Å². The number of carbonyl (C=O) groups excluding carboxylic acids is 3. The lowest BCUT2D eigenvalue weighted by molar-refractivity contribution is -0.119. The van der Waals surface area contributed by atoms with Crippen molar-refractivity contribution in [1.82, 2.24) is 5.32 Å². The molecule has 0 spiro atoms. The first-order valence-electron chi connectivity index (χ1n) is 10.5. The van der Waals surface area contributed by atoms with Crippen LogP contribution in [-0.2, 0) is 16.1 Å². The van der Waals surface area contributed by atoms with Gasteiger partial charge in [0.15, 0.2) is 6.61 Å². The van der Waals surface area contributed by atoms with Gasteiger partial charge >= 0.3 is 5.97 Å². The number of esters is 1. The van der Waals surface area contributed by atoms with E-state index in [1.54, 1.807) is 36.4 Å². The molecule has 2 N–H and O–H groups in total. The van der Waals surface area contributed by atoms with Crippen LogP contribution >= 0.6 is 0 Å². The number of anilines is 1. The van der Waals surface area contributed by atoms with Gasteiger partial charge in [-0.05, 0) is 36.8 Å². The minimum Gasteiger partial charge on any atom is -0.497 e. The Kier molecular flexibility index (Phi) is 8.23. The van der Waals surface area contributed by atoms with Crippen LogP contribution in [-0.4, -0.2) is 38.6 Å². The van der Waals surface area contributed by atoms with Crippen molar-refractivity contribution < 1.29 is 28.6 Å². The molecular formula is C26H26N2O6. The summed E-state index contributed by atoms with van der Waals surface area (Å²) in [6, 6.07) is 19.1. The molecule has 8 heteroatoms. The average Bonchev–Trinajstić information content (AvgIpc) is 2.86. The van der Waals surface area contributed by atoms with E-state index in [4.69, 9.17) is 14.2 Å². The van der Waals surface area contributed by atoms with Crippen LogP contribution in [0.4, 0.5) is 5.69 Å². The van der Waals surface area contributed by atoms with Crippen LogP contribution in [0.1, 0.15) is 31.8 Å². The molecule has 2 amide bonds. The number of carbonyl (C=O) groups is 3. The number of amides is 2. The van der Waals surface area contributed by atoms with Gasteiger partial charge in [0.05, 0.1) is 25.5 Å². The number of hydrogen-bond acceptors (Lipinski definition) is 6. The Labute approximate surface area is 197 Å². The summed E-state index contributed by atoms with van der Waals surface area (Å²) in [4.78, 5) is 37.5. The molecule has 0 radical (unpaired) electrons. The molecule has 3 rings (SSSR count). The summed E-state index contributed by atoms with van der Waals surface area (Å²) in [6.45, 7) is 1.81. The van der Waals surface area contributed by atoms with Crippen LogP contribution in [0.3, 0.4) is 0 Å². The van der Waals surface area contributed by atoms with Crippen LogP contribution in [0.15, 0.2) is 66.7 Å². The van der Waals surface area contributed by atoms with Gasteiger partial charge in [0, 0.05) is 12.6 Å². The number of aryl methyl sites for hydroxylation is 1. The predicted molar refractivity (Wildman–Crippen MR) is 127 cm³/mol. The zero-order valence-corrected chi connectivity index (χ0v) is 19.2. The van der Waals surface area contributed by atoms with Crippen molar-refractivity contribution in [2.75, 3.05) is 26.1 Å². The first-order chi connectivity index (χ1) is 16.4. The minimum absolute atomic E-state index is 0.159. The zero-order valence-electron chi connectivity index (χ0n) is 19.2. The van der Waals surface area contributed by atoms with Crippen molar-refractivity contribution in [2.45, 2.75) is 13.5 Å². The van der Waals surface area contributed by atoms with Gasteiger partial charge in [0.25, 0.3) is 11.8 Å². The Morgan fingerprint density at radius 2 is 1.59 bits per heavy atom. The molecule has 0 saturated carbocycles. The molecular weight excluding hydrogens is 436 g/mol. The fourth-order valence-corrected chi connectivity index (χ4v) is 3.14. The normalized spacial score (nSPS) is 10.2. The minimum atomic E-state index is -0.723. The molecule has 0 heterocycles. The van der Waals surface area contributed by atoms with Gasteiger partial charge in [0.2, 0.25) is 0 Å². The molecule has 0 saturated heterocycles. The highest BCUT2D eigenvalue weighted by Crippen LogP contribution is 2.25. The van der Waals surface area contributed by atoms with E-state index in [-0.39, 0.29) is 17.2 Å². The van der Waals surface area contributed by atoms with Crippen molar-refractivity contribution in [1.29, 1.82) is 0 Å². The van der Waals surface area contributed by atoms with Crippen LogP contribution in [0, 0.1) is 6.92 Å². The van der Waals surface area contributed by atoms with E-state index < -0.39 is 18.5 Å². The molecule has 0 aliphatic rings. The fraction of sp³-hybridized carbons (Fsp3) is 0.192. The monoisotopic (exact) mass is 462 g/mol. The summed E-state index contributed by atoms with van der Waals surface area (Å²) >= 11 is 0. The number of nitrogens with one attached hydrogen (secondary N) is 2. The third kappa shape index (κ3) is 6.35. The highest BCUT2D eigenvalue weighted by Gasteiger charge is 2.18. The maximum absolute atomic E-state index is 12.7. The van der Waals surface area contributed by atoms with E-state index in [0.717, 1.165) is 11.1 Å². The molecule has 0 unspecified atom stereocenters. The smallest absolute Gasteiger partial charge is 0.342 e. The summed E-state index contributed by atoms with van der Waals surface area (Å²) in [5.74, 6) is -0.862. The molecule has 0 atom stereocenters. The van der Waals surface area contributed by atoms with Crippen LogP contribution < -0.4 is 20.1 Å². The Morgan fingerprint density at radius 3 is 2.29 bits per heavy atom. The molecule has 8 nitrogen and oxygen atoms in total. The Morgan fingerprint density at radius 1 is 0.853 bits per heavy atom. The van der Waals surface area contributed by atoms with Crippen molar-refractivity contribution in [3.05, 3.63) is 89.0 Å². The van der Waals surface area contributed by atoms with Gasteiger partial charge in [0.1, 0.15) is 17.1 Å². The number of para-hydroxylation sites is 1. The van der Waals surface area contributed by atoms with Crippen LogP contribution in [0.2, 0.25) is 0 Å². The lowest BCUT2D eigenvalue weighted by atomic mass is 10.1. The number of rotatable bonds is 9. The maximum Gasteiger partial charge on any atom is 0.342 e. The topological polar surface area (TPSA) is 103 Å². The van der Waals surface area contributed by atoms with Crippen molar-refractivity contribution in [3.63, 3.8) is 0 Å². The molecule has 176 valence electrons. The summed E-state index contributed by atoms with van der Waals surface area (Å²) in [5, 5.41) is 5.46. The standard InChI is InChI=1S/C26H26N2O6/c1-17-8-10-18(11-9-17)15-27-25(30)20-6-4-5-7-22(20)28-24(29)16-34-26(31)21-13-12-19(32-2)14-23(21)33-3/h4-14H,15-16H2,1-3H3,(H,27,30)(H,28,29). The molecule has 3 aromatic rings. The lowest BCUT2D eigenvalue weighted by Crippen LogP contribution is -2.26. The Balaban J connectivity index is 1.59. The lowest BCUT2D eigenvalue weighted by Gasteiger charge is -2.13. The van der Waals surface area contributed by atoms with Crippen molar-refractivity contribution >= 4 is 23.5 Å². The zero-order chi connectivity index (χ0) is 24.5. The quantitative estimate of drug-likeness (QED) is 0.470. The second kappa shape index (κ2) is 11.5. The van der Waals surface area contributed by atoms with Gasteiger partial charge < -0.3 is 24.8 Å². The third-order valence-corrected chi connectivity index (χ3v) is 4.98. The van der Waals surface area contributed by atoms with E-state index in [0.29, 0.717) is 23.5 Å². The first-order valence-corrected chi connectivity index (χ1v) is 10.5. The van der Waals surface area contributed by atoms with E-state index in [2.05, 4.69) is 10.6 Å². The van der Waals surface area contributed by atoms with E-state index in [9.17, 15) is 14.4 Å². The van der Waals surface area contributed by atoms with E-state index in [1.165, 1.54) is 20.3 Å². The van der Waals surface area contributed by atoms with Gasteiger partial charge in [-0.25, -0.2) is 4.79 Å². The third-order valence-electron chi connectivity index (χ3n) is 4.98. The van der Waals surface area contributed by atoms with E-state index >= 15 is 0 Å². The Hall–Kier alpha value is -4.33. The number of methoxy groups -OCH3 is 2. The van der Waals surface area contributed by atoms with Gasteiger partial charge in [-0.3, -0.25) is 9.59 Å². The second-order valence-electron chi connectivity index (χ2n) is 7.40. The number of hydrogen-bond donors (Lipinski definition) is 2. The molecule has 3 aromatic carbocycles. The second-order valence-corrected chi connectivity index (χ2v) is 7.40. The van der Waals surface area contributed by atoms with Crippen LogP contribution in [0.25, 0.3) is 0 Å². The van der Waals surface area contributed by atoms with E-state index in [1.807, 2.05) is 31.2 Å². The highest BCUT2D eigenvalue weighted by atomic mass is 16.5. The van der Waals surface area contributed by atoms with Crippen LogP contribution in [0.5, 0.6) is 11.5 Å². The molecule has 0 aliphatic carbocycles. The largest absolute Gasteiger partial charge is 0.497 e. The molecule has 0 bridgehead atoms. The Bertz CT molecular complexity index is 1170. The predicted octanol–water partition coefficient (Wildman–Crippen LogP) is 3.74. The summed E-state index contributed by atoms with van der Waals surface area (Å²) < 4.78 is 15.4. The molecule has 0 aliphatic heterocycles. The van der Waals surface area contributed by atoms with Crippen molar-refractivity contribution in [3.8, 4) is 11.5 Å². The molecule has 34 heavy (non-hydrogen) atoms. The van der Waals surface area contributed by atoms with Gasteiger partial charge in [-0.1, -0.05) is 42.0 Å².